The van der Waals surface area contributed by atoms with E-state index in [-0.39, 0.29) is 6.04 Å². The smallest absolute Gasteiger partial charge is 0.122 e. The zero-order chi connectivity index (χ0) is 14.4. The van der Waals surface area contributed by atoms with E-state index in [0.717, 1.165) is 28.9 Å². The highest BCUT2D eigenvalue weighted by atomic mass is 16.5. The van der Waals surface area contributed by atoms with E-state index >= 15 is 0 Å². The van der Waals surface area contributed by atoms with Gasteiger partial charge >= 0.3 is 0 Å². The van der Waals surface area contributed by atoms with Crippen LogP contribution in [0.4, 0.5) is 0 Å². The van der Waals surface area contributed by atoms with Gasteiger partial charge in [-0.2, -0.15) is 0 Å². The molecule has 1 aromatic carbocycles. The quantitative estimate of drug-likeness (QED) is 0.703. The van der Waals surface area contributed by atoms with E-state index in [9.17, 15) is 5.11 Å². The minimum absolute atomic E-state index is 0.328. The molecule has 0 aliphatic carbocycles. The summed E-state index contributed by atoms with van der Waals surface area (Å²) >= 11 is 0. The van der Waals surface area contributed by atoms with Crippen LogP contribution < -0.4 is 16.2 Å². The van der Waals surface area contributed by atoms with Gasteiger partial charge in [-0.05, 0) is 56.0 Å². The summed E-state index contributed by atoms with van der Waals surface area (Å²) in [6.45, 7) is 7.25. The molecule has 2 unspecified atom stereocenters. The molecular formula is C15H26N2O2. The highest BCUT2D eigenvalue weighted by molar-refractivity contribution is 5.44. The van der Waals surface area contributed by atoms with Crippen LogP contribution in [0.3, 0.4) is 0 Å². The summed E-state index contributed by atoms with van der Waals surface area (Å²) < 4.78 is 5.68. The number of rotatable bonds is 7. The van der Waals surface area contributed by atoms with Crippen molar-refractivity contribution in [2.24, 2.45) is 11.5 Å². The standard InChI is InChI=1S/C15H26N2O2/c1-4-9-19-14-6-5-12(10(2)11(14)3)15(18)13(17)7-8-16/h5-6,13,15,18H,4,7-9,16-17H2,1-3H3. The third-order valence-corrected chi connectivity index (χ3v) is 3.47. The predicted octanol–water partition coefficient (Wildman–Crippen LogP) is 1.80. The summed E-state index contributed by atoms with van der Waals surface area (Å²) in [4.78, 5) is 0. The van der Waals surface area contributed by atoms with E-state index in [1.165, 1.54) is 0 Å². The summed E-state index contributed by atoms with van der Waals surface area (Å²) in [5.74, 6) is 0.877. The van der Waals surface area contributed by atoms with Gasteiger partial charge in [0, 0.05) is 6.04 Å². The van der Waals surface area contributed by atoms with Gasteiger partial charge in [-0.3, -0.25) is 0 Å². The Morgan fingerprint density at radius 2 is 1.95 bits per heavy atom. The highest BCUT2D eigenvalue weighted by Gasteiger charge is 2.20. The average molecular weight is 266 g/mol. The van der Waals surface area contributed by atoms with Crippen molar-refractivity contribution in [2.75, 3.05) is 13.2 Å². The van der Waals surface area contributed by atoms with Gasteiger partial charge in [0.1, 0.15) is 5.75 Å². The monoisotopic (exact) mass is 266 g/mol. The lowest BCUT2D eigenvalue weighted by Crippen LogP contribution is -2.31. The van der Waals surface area contributed by atoms with E-state index in [4.69, 9.17) is 16.2 Å². The first kappa shape index (κ1) is 16.0. The van der Waals surface area contributed by atoms with Crippen molar-refractivity contribution >= 4 is 0 Å². The number of nitrogens with two attached hydrogens (primary N) is 2. The third kappa shape index (κ3) is 3.93. The molecule has 0 aliphatic heterocycles. The van der Waals surface area contributed by atoms with E-state index in [1.54, 1.807) is 0 Å². The van der Waals surface area contributed by atoms with Crippen LogP contribution in [0, 0.1) is 13.8 Å². The molecule has 0 spiro atoms. The Balaban J connectivity index is 2.95. The van der Waals surface area contributed by atoms with Crippen molar-refractivity contribution in [3.05, 3.63) is 28.8 Å². The van der Waals surface area contributed by atoms with Gasteiger partial charge in [0.25, 0.3) is 0 Å². The normalized spacial score (nSPS) is 14.2. The molecule has 0 saturated carbocycles. The fourth-order valence-corrected chi connectivity index (χ4v) is 2.09. The summed E-state index contributed by atoms with van der Waals surface area (Å²) in [5, 5.41) is 10.3. The molecule has 4 nitrogen and oxygen atoms in total. The maximum Gasteiger partial charge on any atom is 0.122 e. The first-order chi connectivity index (χ1) is 9.02. The molecule has 4 heteroatoms. The molecule has 0 aliphatic rings. The second-order valence-corrected chi connectivity index (χ2v) is 4.94. The van der Waals surface area contributed by atoms with Crippen LogP contribution in [-0.4, -0.2) is 24.3 Å². The lowest BCUT2D eigenvalue weighted by atomic mass is 9.93. The summed E-state index contributed by atoms with van der Waals surface area (Å²) in [5.41, 5.74) is 14.4. The topological polar surface area (TPSA) is 81.5 Å². The largest absolute Gasteiger partial charge is 0.493 e. The molecule has 19 heavy (non-hydrogen) atoms. The number of aliphatic hydroxyl groups is 1. The molecule has 1 aromatic rings. The Hall–Kier alpha value is -1.10. The molecule has 108 valence electrons. The number of ether oxygens (including phenoxy) is 1. The Kier molecular flexibility index (Phi) is 6.28. The van der Waals surface area contributed by atoms with Crippen LogP contribution >= 0.6 is 0 Å². The first-order valence-corrected chi connectivity index (χ1v) is 6.89. The van der Waals surface area contributed by atoms with Gasteiger partial charge in [0.05, 0.1) is 12.7 Å². The molecule has 0 aromatic heterocycles. The molecule has 0 radical (unpaired) electrons. The number of aliphatic hydroxyl groups excluding tert-OH is 1. The minimum atomic E-state index is -0.678. The van der Waals surface area contributed by atoms with Gasteiger partial charge in [0.2, 0.25) is 0 Å². The predicted molar refractivity (Wildman–Crippen MR) is 78.3 cm³/mol. The van der Waals surface area contributed by atoms with Gasteiger partial charge in [-0.25, -0.2) is 0 Å². The molecule has 2 atom stereocenters. The lowest BCUT2D eigenvalue weighted by molar-refractivity contribution is 0.142. The van der Waals surface area contributed by atoms with Crippen LogP contribution in [0.15, 0.2) is 12.1 Å². The maximum atomic E-state index is 10.3. The van der Waals surface area contributed by atoms with Crippen LogP contribution in [0.25, 0.3) is 0 Å². The van der Waals surface area contributed by atoms with Crippen LogP contribution in [-0.2, 0) is 0 Å². The van der Waals surface area contributed by atoms with Gasteiger partial charge < -0.3 is 21.3 Å². The lowest BCUT2D eigenvalue weighted by Gasteiger charge is -2.22. The van der Waals surface area contributed by atoms with Gasteiger partial charge in [-0.15, -0.1) is 0 Å². The molecule has 0 saturated heterocycles. The van der Waals surface area contributed by atoms with Crippen molar-refractivity contribution < 1.29 is 9.84 Å². The number of hydrogen-bond acceptors (Lipinski definition) is 4. The number of benzene rings is 1. The maximum absolute atomic E-state index is 10.3. The molecule has 0 amide bonds. The van der Waals surface area contributed by atoms with Gasteiger partial charge in [0.15, 0.2) is 0 Å². The highest BCUT2D eigenvalue weighted by Crippen LogP contribution is 2.29. The Morgan fingerprint density at radius 3 is 2.53 bits per heavy atom. The summed E-state index contributed by atoms with van der Waals surface area (Å²) in [6, 6.07) is 3.48. The van der Waals surface area contributed by atoms with E-state index < -0.39 is 6.10 Å². The van der Waals surface area contributed by atoms with Crippen molar-refractivity contribution in [3.63, 3.8) is 0 Å². The van der Waals surface area contributed by atoms with Crippen LogP contribution in [0.1, 0.15) is 42.6 Å². The Labute approximate surface area is 115 Å². The Bertz CT molecular complexity index is 407. The third-order valence-electron chi connectivity index (χ3n) is 3.47. The van der Waals surface area contributed by atoms with Crippen LogP contribution in [0.2, 0.25) is 0 Å². The van der Waals surface area contributed by atoms with Crippen molar-refractivity contribution in [2.45, 2.75) is 45.8 Å². The van der Waals surface area contributed by atoms with Crippen molar-refractivity contribution in [1.29, 1.82) is 0 Å². The molecule has 0 fully saturated rings. The average Bonchev–Trinajstić information content (AvgIpc) is 2.40. The van der Waals surface area contributed by atoms with Gasteiger partial charge in [-0.1, -0.05) is 13.0 Å². The molecule has 0 heterocycles. The second-order valence-electron chi connectivity index (χ2n) is 4.94. The minimum Gasteiger partial charge on any atom is -0.493 e. The molecule has 0 bridgehead atoms. The zero-order valence-corrected chi connectivity index (χ0v) is 12.1. The zero-order valence-electron chi connectivity index (χ0n) is 12.1. The second kappa shape index (κ2) is 7.48. The van der Waals surface area contributed by atoms with E-state index in [0.29, 0.717) is 19.6 Å². The van der Waals surface area contributed by atoms with Crippen molar-refractivity contribution in [1.82, 2.24) is 0 Å². The molecule has 1 rings (SSSR count). The number of hydrogen-bond donors (Lipinski definition) is 3. The molecular weight excluding hydrogens is 240 g/mol. The summed E-state index contributed by atoms with van der Waals surface area (Å²) in [7, 11) is 0. The van der Waals surface area contributed by atoms with E-state index in [1.807, 2.05) is 26.0 Å². The van der Waals surface area contributed by atoms with Crippen LogP contribution in [0.5, 0.6) is 5.75 Å². The molecule has 5 N–H and O–H groups in total. The van der Waals surface area contributed by atoms with E-state index in [2.05, 4.69) is 6.92 Å². The fourth-order valence-electron chi connectivity index (χ4n) is 2.09. The van der Waals surface area contributed by atoms with Crippen molar-refractivity contribution in [3.8, 4) is 5.75 Å². The fraction of sp³-hybridized carbons (Fsp3) is 0.600. The Morgan fingerprint density at radius 1 is 1.26 bits per heavy atom. The SMILES string of the molecule is CCCOc1ccc(C(O)C(N)CCN)c(C)c1C. The first-order valence-electron chi connectivity index (χ1n) is 6.89. The summed E-state index contributed by atoms with van der Waals surface area (Å²) in [6.07, 6.45) is 0.903.